The van der Waals surface area contributed by atoms with Crippen LogP contribution in [0.25, 0.3) is 10.8 Å². The van der Waals surface area contributed by atoms with Crippen LogP contribution in [0.3, 0.4) is 0 Å². The van der Waals surface area contributed by atoms with Gasteiger partial charge in [0, 0.05) is 29.6 Å². The van der Waals surface area contributed by atoms with E-state index in [1.807, 2.05) is 56.3 Å². The van der Waals surface area contributed by atoms with Crippen LogP contribution >= 0.6 is 0 Å². The van der Waals surface area contributed by atoms with E-state index in [4.69, 9.17) is 9.47 Å². The van der Waals surface area contributed by atoms with Crippen LogP contribution < -0.4 is 9.47 Å². The molecule has 1 amide bonds. The third kappa shape index (κ3) is 4.05. The molecular formula is C23H25NO3. The highest BCUT2D eigenvalue weighted by Crippen LogP contribution is 2.28. The molecule has 0 aliphatic carbocycles. The highest BCUT2D eigenvalue weighted by Gasteiger charge is 2.15. The number of carbonyl (C=O) groups excluding carboxylic acids is 1. The molecule has 0 unspecified atom stereocenters. The van der Waals surface area contributed by atoms with E-state index < -0.39 is 0 Å². The van der Waals surface area contributed by atoms with Crippen molar-refractivity contribution < 1.29 is 14.3 Å². The Morgan fingerprint density at radius 1 is 0.926 bits per heavy atom. The predicted molar refractivity (Wildman–Crippen MR) is 109 cm³/mol. The minimum Gasteiger partial charge on any atom is -0.496 e. The lowest BCUT2D eigenvalue weighted by Gasteiger charge is -2.19. The van der Waals surface area contributed by atoms with E-state index in [0.717, 1.165) is 22.1 Å². The van der Waals surface area contributed by atoms with E-state index in [9.17, 15) is 4.79 Å². The molecule has 0 fully saturated rings. The Bertz CT molecular complexity index is 927. The number of fused-ring (bicyclic) bond motifs is 1. The molecule has 0 heterocycles. The maximum absolute atomic E-state index is 12.7. The van der Waals surface area contributed by atoms with Crippen LogP contribution in [0, 0.1) is 0 Å². The maximum Gasteiger partial charge on any atom is 0.253 e. The molecule has 0 aliphatic rings. The molecule has 4 heteroatoms. The Morgan fingerprint density at radius 3 is 2.41 bits per heavy atom. The highest BCUT2D eigenvalue weighted by atomic mass is 16.5. The molecule has 140 valence electrons. The van der Waals surface area contributed by atoms with Gasteiger partial charge in [-0.25, -0.2) is 0 Å². The summed E-state index contributed by atoms with van der Waals surface area (Å²) < 4.78 is 11.6. The van der Waals surface area contributed by atoms with Gasteiger partial charge in [0.1, 0.15) is 18.1 Å². The maximum atomic E-state index is 12.7. The number of nitrogens with zero attached hydrogens (tertiary/aromatic N) is 1. The van der Waals surface area contributed by atoms with Crippen molar-refractivity contribution in [3.63, 3.8) is 0 Å². The van der Waals surface area contributed by atoms with Crippen molar-refractivity contribution in [2.45, 2.75) is 20.5 Å². The second kappa shape index (κ2) is 8.58. The van der Waals surface area contributed by atoms with Crippen molar-refractivity contribution in [3.8, 4) is 11.5 Å². The van der Waals surface area contributed by atoms with Crippen molar-refractivity contribution in [2.24, 2.45) is 0 Å². The van der Waals surface area contributed by atoms with E-state index in [0.29, 0.717) is 31.0 Å². The number of ether oxygens (including phenoxy) is 2. The van der Waals surface area contributed by atoms with Gasteiger partial charge in [0.15, 0.2) is 0 Å². The Hall–Kier alpha value is -3.01. The molecule has 27 heavy (non-hydrogen) atoms. The smallest absolute Gasteiger partial charge is 0.253 e. The van der Waals surface area contributed by atoms with Gasteiger partial charge in [-0.2, -0.15) is 0 Å². The van der Waals surface area contributed by atoms with Crippen molar-refractivity contribution in [2.75, 3.05) is 20.2 Å². The fourth-order valence-corrected chi connectivity index (χ4v) is 3.19. The molecule has 4 nitrogen and oxygen atoms in total. The molecule has 0 saturated heterocycles. The van der Waals surface area contributed by atoms with Crippen LogP contribution in [0.5, 0.6) is 11.5 Å². The van der Waals surface area contributed by atoms with Gasteiger partial charge in [-0.1, -0.05) is 36.4 Å². The van der Waals surface area contributed by atoms with Gasteiger partial charge < -0.3 is 14.4 Å². The zero-order chi connectivity index (χ0) is 19.2. The van der Waals surface area contributed by atoms with Crippen molar-refractivity contribution in [1.29, 1.82) is 0 Å². The summed E-state index contributed by atoms with van der Waals surface area (Å²) in [6.45, 7) is 5.66. The topological polar surface area (TPSA) is 38.8 Å². The molecule has 0 atom stereocenters. The molecule has 0 bridgehead atoms. The third-order valence-electron chi connectivity index (χ3n) is 4.71. The number of amides is 1. The first-order chi connectivity index (χ1) is 13.2. The number of carbonyl (C=O) groups is 1. The lowest BCUT2D eigenvalue weighted by molar-refractivity contribution is 0.0772. The van der Waals surface area contributed by atoms with Gasteiger partial charge in [-0.05, 0) is 43.5 Å². The second-order valence-electron chi connectivity index (χ2n) is 6.27. The van der Waals surface area contributed by atoms with Gasteiger partial charge in [0.25, 0.3) is 5.91 Å². The Balaban J connectivity index is 1.87. The fourth-order valence-electron chi connectivity index (χ4n) is 3.19. The fraction of sp³-hybridized carbons (Fsp3) is 0.261. The molecule has 0 aliphatic heterocycles. The molecule has 3 rings (SSSR count). The van der Waals surface area contributed by atoms with Crippen LogP contribution in [0.15, 0.2) is 60.7 Å². The second-order valence-corrected chi connectivity index (χ2v) is 6.27. The first-order valence-corrected chi connectivity index (χ1v) is 9.24. The summed E-state index contributed by atoms with van der Waals surface area (Å²) in [5.74, 6) is 1.55. The number of hydrogen-bond donors (Lipinski definition) is 0. The van der Waals surface area contributed by atoms with Gasteiger partial charge in [0.05, 0.1) is 7.11 Å². The Labute approximate surface area is 160 Å². The van der Waals surface area contributed by atoms with Crippen LogP contribution in [0.4, 0.5) is 0 Å². The number of rotatable bonds is 7. The van der Waals surface area contributed by atoms with Crippen LogP contribution in [-0.4, -0.2) is 31.0 Å². The van der Waals surface area contributed by atoms with Gasteiger partial charge in [-0.15, -0.1) is 0 Å². The normalized spacial score (nSPS) is 10.6. The molecule has 0 aromatic heterocycles. The zero-order valence-corrected chi connectivity index (χ0v) is 16.1. The summed E-state index contributed by atoms with van der Waals surface area (Å²) in [5, 5.41) is 2.20. The average molecular weight is 363 g/mol. The minimum atomic E-state index is 0.0223. The van der Waals surface area contributed by atoms with Crippen LogP contribution in [0.1, 0.15) is 29.8 Å². The quantitative estimate of drug-likeness (QED) is 0.599. The molecular weight excluding hydrogens is 338 g/mol. The highest BCUT2D eigenvalue weighted by molar-refractivity contribution is 5.94. The summed E-state index contributed by atoms with van der Waals surface area (Å²) in [7, 11) is 1.63. The number of benzene rings is 3. The molecule has 0 saturated carbocycles. The van der Waals surface area contributed by atoms with Gasteiger partial charge >= 0.3 is 0 Å². The molecule has 0 spiro atoms. The van der Waals surface area contributed by atoms with Crippen LogP contribution in [0.2, 0.25) is 0 Å². The zero-order valence-electron chi connectivity index (χ0n) is 16.1. The summed E-state index contributed by atoms with van der Waals surface area (Å²) in [6.07, 6.45) is 0. The largest absolute Gasteiger partial charge is 0.496 e. The Kier molecular flexibility index (Phi) is 5.97. The van der Waals surface area contributed by atoms with E-state index in [-0.39, 0.29) is 5.91 Å². The van der Waals surface area contributed by atoms with E-state index >= 15 is 0 Å². The molecule has 3 aromatic rings. The first-order valence-electron chi connectivity index (χ1n) is 9.24. The van der Waals surface area contributed by atoms with Gasteiger partial charge in [0.2, 0.25) is 0 Å². The SMILES string of the molecule is CCN(CC)C(=O)c1ccc(OC)c(COc2cccc3ccccc23)c1. The lowest BCUT2D eigenvalue weighted by atomic mass is 10.1. The Morgan fingerprint density at radius 2 is 1.67 bits per heavy atom. The van der Waals surface area contributed by atoms with Crippen molar-refractivity contribution in [3.05, 3.63) is 71.8 Å². The summed E-state index contributed by atoms with van der Waals surface area (Å²) in [6, 6.07) is 19.6. The van der Waals surface area contributed by atoms with E-state index in [1.54, 1.807) is 18.1 Å². The minimum absolute atomic E-state index is 0.0223. The van der Waals surface area contributed by atoms with E-state index in [1.165, 1.54) is 0 Å². The van der Waals surface area contributed by atoms with Gasteiger partial charge in [-0.3, -0.25) is 4.79 Å². The van der Waals surface area contributed by atoms with E-state index in [2.05, 4.69) is 12.1 Å². The lowest BCUT2D eigenvalue weighted by Crippen LogP contribution is -2.30. The summed E-state index contributed by atoms with van der Waals surface area (Å²) in [5.41, 5.74) is 1.50. The monoisotopic (exact) mass is 363 g/mol. The molecule has 3 aromatic carbocycles. The average Bonchev–Trinajstić information content (AvgIpc) is 2.72. The summed E-state index contributed by atoms with van der Waals surface area (Å²) >= 11 is 0. The molecule has 0 N–H and O–H groups in total. The standard InChI is InChI=1S/C23H25NO3/c1-4-24(5-2)23(25)18-13-14-21(26-3)19(15-18)16-27-22-12-8-10-17-9-6-7-11-20(17)22/h6-15H,4-5,16H2,1-3H3. The third-order valence-corrected chi connectivity index (χ3v) is 4.71. The number of hydrogen-bond acceptors (Lipinski definition) is 3. The van der Waals surface area contributed by atoms with Crippen molar-refractivity contribution >= 4 is 16.7 Å². The summed E-state index contributed by atoms with van der Waals surface area (Å²) in [4.78, 5) is 14.5. The van der Waals surface area contributed by atoms with Crippen LogP contribution in [-0.2, 0) is 6.61 Å². The number of methoxy groups -OCH3 is 1. The molecule has 0 radical (unpaired) electrons. The van der Waals surface area contributed by atoms with Crippen molar-refractivity contribution in [1.82, 2.24) is 4.90 Å². The predicted octanol–water partition coefficient (Wildman–Crippen LogP) is 4.91. The first kappa shape index (κ1) is 18.8.